The summed E-state index contributed by atoms with van der Waals surface area (Å²) in [5.41, 5.74) is 4.45. The van der Waals surface area contributed by atoms with Crippen LogP contribution < -0.4 is 15.0 Å². The van der Waals surface area contributed by atoms with Gasteiger partial charge in [-0.15, -0.1) is 0 Å². The Labute approximate surface area is 191 Å². The second-order valence-corrected chi connectivity index (χ2v) is 8.69. The van der Waals surface area contributed by atoms with Gasteiger partial charge in [-0.1, -0.05) is 28.1 Å². The van der Waals surface area contributed by atoms with Crippen molar-refractivity contribution in [3.8, 4) is 17.0 Å². The van der Waals surface area contributed by atoms with E-state index in [9.17, 15) is 4.79 Å². The van der Waals surface area contributed by atoms with Gasteiger partial charge < -0.3 is 15.0 Å². The van der Waals surface area contributed by atoms with E-state index in [1.165, 1.54) is 5.69 Å². The van der Waals surface area contributed by atoms with Crippen molar-refractivity contribution < 1.29 is 9.53 Å². The quantitative estimate of drug-likeness (QED) is 0.544. The number of benzene rings is 2. The SMILES string of the molecule is COc1ccc(N2CCC(NC(=O)c3ccc(-c4cccc(Br)c4)nc3C)CC2)cc1. The topological polar surface area (TPSA) is 54.5 Å². The molecule has 160 valence electrons. The maximum Gasteiger partial charge on any atom is 0.253 e. The molecule has 0 radical (unpaired) electrons. The van der Waals surface area contributed by atoms with Gasteiger partial charge in [0.25, 0.3) is 5.91 Å². The molecule has 1 aliphatic heterocycles. The summed E-state index contributed by atoms with van der Waals surface area (Å²) in [4.78, 5) is 19.9. The molecule has 0 saturated carbocycles. The number of anilines is 1. The summed E-state index contributed by atoms with van der Waals surface area (Å²) < 4.78 is 6.24. The van der Waals surface area contributed by atoms with E-state index in [-0.39, 0.29) is 11.9 Å². The lowest BCUT2D eigenvalue weighted by Crippen LogP contribution is -2.44. The smallest absolute Gasteiger partial charge is 0.253 e. The van der Waals surface area contributed by atoms with Gasteiger partial charge in [-0.25, -0.2) is 0 Å². The second kappa shape index (κ2) is 9.52. The van der Waals surface area contributed by atoms with Crippen LogP contribution >= 0.6 is 15.9 Å². The number of piperidine rings is 1. The summed E-state index contributed by atoms with van der Waals surface area (Å²) in [7, 11) is 1.68. The third-order valence-electron chi connectivity index (χ3n) is 5.72. The van der Waals surface area contributed by atoms with Gasteiger partial charge in [0.1, 0.15) is 5.75 Å². The number of nitrogens with one attached hydrogen (secondary N) is 1. The predicted octanol–water partition coefficient (Wildman–Crippen LogP) is 5.23. The number of nitrogens with zero attached hydrogens (tertiary/aromatic N) is 2. The number of halogens is 1. The largest absolute Gasteiger partial charge is 0.497 e. The van der Waals surface area contributed by atoms with Crippen molar-refractivity contribution in [1.82, 2.24) is 10.3 Å². The molecule has 6 heteroatoms. The van der Waals surface area contributed by atoms with Crippen LogP contribution in [0.4, 0.5) is 5.69 Å². The molecular weight excluding hydrogens is 454 g/mol. The van der Waals surface area contributed by atoms with Crippen LogP contribution in [-0.2, 0) is 0 Å². The number of aryl methyl sites for hydroxylation is 1. The average molecular weight is 480 g/mol. The molecule has 0 atom stereocenters. The Balaban J connectivity index is 1.36. The molecule has 5 nitrogen and oxygen atoms in total. The van der Waals surface area contributed by atoms with Gasteiger partial charge in [0, 0.05) is 34.9 Å². The number of pyridine rings is 1. The van der Waals surface area contributed by atoms with Crippen LogP contribution in [-0.4, -0.2) is 37.1 Å². The van der Waals surface area contributed by atoms with Gasteiger partial charge in [0.2, 0.25) is 0 Å². The lowest BCUT2D eigenvalue weighted by Gasteiger charge is -2.34. The zero-order valence-electron chi connectivity index (χ0n) is 17.8. The Hall–Kier alpha value is -2.86. The van der Waals surface area contributed by atoms with Gasteiger partial charge in [-0.2, -0.15) is 0 Å². The lowest BCUT2D eigenvalue weighted by molar-refractivity contribution is 0.0930. The molecule has 1 aromatic heterocycles. The van der Waals surface area contributed by atoms with Crippen LogP contribution in [0.3, 0.4) is 0 Å². The summed E-state index contributed by atoms with van der Waals surface area (Å²) in [6, 6.07) is 20.1. The molecule has 1 saturated heterocycles. The lowest BCUT2D eigenvalue weighted by atomic mass is 10.0. The van der Waals surface area contributed by atoms with E-state index < -0.39 is 0 Å². The molecule has 2 heterocycles. The Bertz CT molecular complexity index is 1060. The van der Waals surface area contributed by atoms with Crippen LogP contribution in [0.1, 0.15) is 28.9 Å². The van der Waals surface area contributed by atoms with Crippen LogP contribution in [0, 0.1) is 6.92 Å². The number of carbonyl (C=O) groups is 1. The van der Waals surface area contributed by atoms with Gasteiger partial charge in [0.05, 0.1) is 24.1 Å². The summed E-state index contributed by atoms with van der Waals surface area (Å²) in [6.07, 6.45) is 1.83. The molecular formula is C25H26BrN3O2. The van der Waals surface area contributed by atoms with E-state index in [2.05, 4.69) is 43.3 Å². The maximum absolute atomic E-state index is 12.9. The van der Waals surface area contributed by atoms with Crippen LogP contribution in [0.2, 0.25) is 0 Å². The van der Waals surface area contributed by atoms with Crippen molar-refractivity contribution in [2.45, 2.75) is 25.8 Å². The minimum atomic E-state index is -0.0475. The van der Waals surface area contributed by atoms with Crippen molar-refractivity contribution in [3.05, 3.63) is 76.4 Å². The Morgan fingerprint density at radius 3 is 2.48 bits per heavy atom. The fourth-order valence-electron chi connectivity index (χ4n) is 3.95. The molecule has 3 aromatic rings. The van der Waals surface area contributed by atoms with Crippen LogP contribution in [0.25, 0.3) is 11.3 Å². The Morgan fingerprint density at radius 1 is 1.10 bits per heavy atom. The third kappa shape index (κ3) is 5.07. The highest BCUT2D eigenvalue weighted by atomic mass is 79.9. The first kappa shape index (κ1) is 21.4. The molecule has 1 aliphatic rings. The first-order valence-electron chi connectivity index (χ1n) is 10.5. The zero-order chi connectivity index (χ0) is 21.8. The Morgan fingerprint density at radius 2 is 1.84 bits per heavy atom. The van der Waals surface area contributed by atoms with E-state index in [1.807, 2.05) is 55.5 Å². The molecule has 4 rings (SSSR count). The molecule has 31 heavy (non-hydrogen) atoms. The summed E-state index contributed by atoms with van der Waals surface area (Å²) in [5.74, 6) is 0.814. The summed E-state index contributed by atoms with van der Waals surface area (Å²) in [5, 5.41) is 3.20. The number of aromatic nitrogens is 1. The average Bonchev–Trinajstić information content (AvgIpc) is 2.79. The van der Waals surface area contributed by atoms with E-state index in [0.717, 1.165) is 53.1 Å². The monoisotopic (exact) mass is 479 g/mol. The summed E-state index contributed by atoms with van der Waals surface area (Å²) >= 11 is 3.50. The normalized spacial score (nSPS) is 14.4. The van der Waals surface area contributed by atoms with Gasteiger partial charge in [-0.05, 0) is 68.3 Å². The predicted molar refractivity (Wildman–Crippen MR) is 128 cm³/mol. The molecule has 0 aliphatic carbocycles. The molecule has 0 unspecified atom stereocenters. The van der Waals surface area contributed by atoms with Gasteiger partial charge >= 0.3 is 0 Å². The first-order valence-corrected chi connectivity index (χ1v) is 11.3. The zero-order valence-corrected chi connectivity index (χ0v) is 19.4. The summed E-state index contributed by atoms with van der Waals surface area (Å²) in [6.45, 7) is 3.72. The van der Waals surface area contributed by atoms with Crippen LogP contribution in [0.5, 0.6) is 5.75 Å². The van der Waals surface area contributed by atoms with Crippen molar-refractivity contribution in [2.24, 2.45) is 0 Å². The Kier molecular flexibility index (Phi) is 6.56. The highest BCUT2D eigenvalue weighted by molar-refractivity contribution is 9.10. The molecule has 1 N–H and O–H groups in total. The van der Waals surface area contributed by atoms with Crippen molar-refractivity contribution in [1.29, 1.82) is 0 Å². The van der Waals surface area contributed by atoms with E-state index in [0.29, 0.717) is 5.56 Å². The molecule has 1 fully saturated rings. The number of carbonyl (C=O) groups excluding carboxylic acids is 1. The molecule has 0 spiro atoms. The highest BCUT2D eigenvalue weighted by Gasteiger charge is 2.22. The first-order chi connectivity index (χ1) is 15.0. The standard InChI is InChI=1S/C25H26BrN3O2/c1-17-23(10-11-24(27-17)18-4-3-5-19(26)16-18)25(30)28-20-12-14-29(15-13-20)21-6-8-22(31-2)9-7-21/h3-11,16,20H,12-15H2,1-2H3,(H,28,30). The molecule has 2 aromatic carbocycles. The maximum atomic E-state index is 12.9. The van der Waals surface area contributed by atoms with Crippen molar-refractivity contribution >= 4 is 27.5 Å². The fraction of sp³-hybridized carbons (Fsp3) is 0.280. The number of hydrogen-bond acceptors (Lipinski definition) is 4. The number of hydrogen-bond donors (Lipinski definition) is 1. The van der Waals surface area contributed by atoms with Crippen molar-refractivity contribution in [2.75, 3.05) is 25.1 Å². The number of methoxy groups -OCH3 is 1. The minimum absolute atomic E-state index is 0.0475. The van der Waals surface area contributed by atoms with E-state index in [1.54, 1.807) is 7.11 Å². The number of amides is 1. The van der Waals surface area contributed by atoms with E-state index in [4.69, 9.17) is 4.74 Å². The minimum Gasteiger partial charge on any atom is -0.497 e. The number of rotatable bonds is 5. The second-order valence-electron chi connectivity index (χ2n) is 7.77. The fourth-order valence-corrected chi connectivity index (χ4v) is 4.35. The van der Waals surface area contributed by atoms with E-state index >= 15 is 0 Å². The third-order valence-corrected chi connectivity index (χ3v) is 6.21. The molecule has 1 amide bonds. The van der Waals surface area contributed by atoms with Gasteiger partial charge in [0.15, 0.2) is 0 Å². The molecule has 0 bridgehead atoms. The van der Waals surface area contributed by atoms with Crippen LogP contribution in [0.15, 0.2) is 65.1 Å². The van der Waals surface area contributed by atoms with Gasteiger partial charge in [-0.3, -0.25) is 9.78 Å². The number of ether oxygens (including phenoxy) is 1. The highest BCUT2D eigenvalue weighted by Crippen LogP contribution is 2.24. The van der Waals surface area contributed by atoms with Crippen molar-refractivity contribution in [3.63, 3.8) is 0 Å².